The molecule has 3 nitrogen and oxygen atoms in total. The van der Waals surface area contributed by atoms with Gasteiger partial charge in [0.2, 0.25) is 5.91 Å². The van der Waals surface area contributed by atoms with Gasteiger partial charge in [0, 0.05) is 36.8 Å². The van der Waals surface area contributed by atoms with Crippen LogP contribution in [0.3, 0.4) is 0 Å². The first-order valence-corrected chi connectivity index (χ1v) is 11.3. The van der Waals surface area contributed by atoms with Crippen LogP contribution in [0.15, 0.2) is 78.9 Å². The molecule has 0 spiro atoms. The molecule has 0 radical (unpaired) electrons. The third-order valence-corrected chi connectivity index (χ3v) is 7.36. The van der Waals surface area contributed by atoms with E-state index in [4.69, 9.17) is 0 Å². The van der Waals surface area contributed by atoms with E-state index in [0.29, 0.717) is 25.9 Å². The highest BCUT2D eigenvalue weighted by Crippen LogP contribution is 2.52. The smallest absolute Gasteiger partial charge is 0.227 e. The van der Waals surface area contributed by atoms with Crippen molar-refractivity contribution in [3.8, 4) is 0 Å². The summed E-state index contributed by atoms with van der Waals surface area (Å²) >= 11 is 0. The van der Waals surface area contributed by atoms with E-state index in [1.165, 1.54) is 24.3 Å². The molecule has 1 saturated heterocycles. The van der Waals surface area contributed by atoms with Crippen LogP contribution in [0.1, 0.15) is 29.5 Å². The van der Waals surface area contributed by atoms with Crippen molar-refractivity contribution in [3.63, 3.8) is 0 Å². The van der Waals surface area contributed by atoms with Crippen molar-refractivity contribution in [2.24, 2.45) is 11.8 Å². The molecule has 5 rings (SSSR count). The topological polar surface area (TPSA) is 37.4 Å². The molecule has 3 aromatic carbocycles. The molecule has 2 fully saturated rings. The Morgan fingerprint density at radius 1 is 0.879 bits per heavy atom. The first-order chi connectivity index (χ1) is 16.0. The second-order valence-electron chi connectivity index (χ2n) is 9.13. The number of fused-ring (bicyclic) bond motifs is 1. The zero-order chi connectivity index (χ0) is 23.0. The lowest BCUT2D eigenvalue weighted by molar-refractivity contribution is -0.129. The SMILES string of the molecule is O=C1CCC(c2cccc(F)c2)(c2cccc(F)c2)C2CN(C(=O)Cc3ccccc3)CC12. The van der Waals surface area contributed by atoms with Crippen LogP contribution in [-0.2, 0) is 21.4 Å². The minimum absolute atomic E-state index is 0.0317. The maximum atomic E-state index is 14.3. The van der Waals surface area contributed by atoms with Crippen LogP contribution in [0, 0.1) is 23.5 Å². The lowest BCUT2D eigenvalue weighted by Crippen LogP contribution is -2.47. The summed E-state index contributed by atoms with van der Waals surface area (Å²) in [6.45, 7) is 0.733. The number of halogens is 2. The third kappa shape index (κ3) is 3.86. The Balaban J connectivity index is 1.56. The number of rotatable bonds is 4. The van der Waals surface area contributed by atoms with Gasteiger partial charge in [-0.15, -0.1) is 0 Å². The molecule has 168 valence electrons. The number of benzene rings is 3. The van der Waals surface area contributed by atoms with Crippen LogP contribution in [0.5, 0.6) is 0 Å². The van der Waals surface area contributed by atoms with Crippen LogP contribution < -0.4 is 0 Å². The fraction of sp³-hybridized carbons (Fsp3) is 0.286. The molecule has 33 heavy (non-hydrogen) atoms. The van der Waals surface area contributed by atoms with Crippen molar-refractivity contribution in [2.75, 3.05) is 13.1 Å². The Kier molecular flexibility index (Phi) is 5.57. The van der Waals surface area contributed by atoms with Gasteiger partial charge in [-0.2, -0.15) is 0 Å². The highest BCUT2D eigenvalue weighted by atomic mass is 19.1. The summed E-state index contributed by atoms with van der Waals surface area (Å²) in [5.41, 5.74) is 1.64. The van der Waals surface area contributed by atoms with Gasteiger partial charge in [-0.1, -0.05) is 54.6 Å². The summed E-state index contributed by atoms with van der Waals surface area (Å²) in [6.07, 6.45) is 1.04. The quantitative estimate of drug-likeness (QED) is 0.571. The van der Waals surface area contributed by atoms with Gasteiger partial charge in [-0.3, -0.25) is 9.59 Å². The number of hydrogen-bond acceptors (Lipinski definition) is 2. The minimum atomic E-state index is -0.745. The summed E-state index contributed by atoms with van der Waals surface area (Å²) < 4.78 is 28.7. The van der Waals surface area contributed by atoms with Crippen molar-refractivity contribution < 1.29 is 18.4 Å². The van der Waals surface area contributed by atoms with Gasteiger partial charge in [0.15, 0.2) is 0 Å². The molecular formula is C28H25F2NO2. The highest BCUT2D eigenvalue weighted by Gasteiger charge is 2.55. The minimum Gasteiger partial charge on any atom is -0.341 e. The van der Waals surface area contributed by atoms with E-state index >= 15 is 0 Å². The van der Waals surface area contributed by atoms with Crippen molar-refractivity contribution in [1.29, 1.82) is 0 Å². The van der Waals surface area contributed by atoms with E-state index in [0.717, 1.165) is 16.7 Å². The van der Waals surface area contributed by atoms with Crippen molar-refractivity contribution in [2.45, 2.75) is 24.7 Å². The summed E-state index contributed by atoms with van der Waals surface area (Å²) in [7, 11) is 0. The second kappa shape index (κ2) is 8.54. The molecule has 5 heteroatoms. The summed E-state index contributed by atoms with van der Waals surface area (Å²) in [4.78, 5) is 27.9. The van der Waals surface area contributed by atoms with E-state index in [2.05, 4.69) is 0 Å². The molecule has 3 aromatic rings. The molecule has 1 amide bonds. The zero-order valence-corrected chi connectivity index (χ0v) is 18.2. The Morgan fingerprint density at radius 2 is 1.52 bits per heavy atom. The lowest BCUT2D eigenvalue weighted by atomic mass is 9.56. The molecular weight excluding hydrogens is 420 g/mol. The van der Waals surface area contributed by atoms with Crippen molar-refractivity contribution in [1.82, 2.24) is 4.90 Å². The van der Waals surface area contributed by atoms with Crippen LogP contribution in [0.2, 0.25) is 0 Å². The molecule has 0 aromatic heterocycles. The molecule has 1 aliphatic heterocycles. The van der Waals surface area contributed by atoms with Crippen LogP contribution in [-0.4, -0.2) is 29.7 Å². The predicted octanol–water partition coefficient (Wildman–Crippen LogP) is 4.93. The van der Waals surface area contributed by atoms with Gasteiger partial charge in [-0.05, 0) is 47.4 Å². The van der Waals surface area contributed by atoms with Gasteiger partial charge in [0.1, 0.15) is 17.4 Å². The molecule has 2 aliphatic rings. The Morgan fingerprint density at radius 3 is 2.12 bits per heavy atom. The second-order valence-corrected chi connectivity index (χ2v) is 9.13. The standard InChI is InChI=1S/C28H25F2NO2/c29-22-10-4-8-20(15-22)28(21-9-5-11-23(30)16-21)13-12-26(32)24-17-31(18-25(24)28)27(33)14-19-6-2-1-3-7-19/h1-11,15-16,24-25H,12-14,17-18H2. The fourth-order valence-corrected chi connectivity index (χ4v) is 5.82. The van der Waals surface area contributed by atoms with E-state index in [1.54, 1.807) is 17.0 Å². The van der Waals surface area contributed by atoms with Crippen molar-refractivity contribution in [3.05, 3.63) is 107 Å². The van der Waals surface area contributed by atoms with Gasteiger partial charge < -0.3 is 4.90 Å². The molecule has 1 heterocycles. The molecule has 1 saturated carbocycles. The summed E-state index contributed by atoms with van der Waals surface area (Å²) in [6, 6.07) is 22.3. The largest absolute Gasteiger partial charge is 0.341 e. The zero-order valence-electron chi connectivity index (χ0n) is 18.2. The van der Waals surface area contributed by atoms with E-state index in [9.17, 15) is 18.4 Å². The average Bonchev–Trinajstić information content (AvgIpc) is 3.27. The Bertz CT molecular complexity index is 1150. The van der Waals surface area contributed by atoms with Gasteiger partial charge in [-0.25, -0.2) is 8.78 Å². The summed E-state index contributed by atoms with van der Waals surface area (Å²) in [5.74, 6) is -1.25. The highest BCUT2D eigenvalue weighted by molar-refractivity contribution is 5.86. The average molecular weight is 446 g/mol. The van der Waals surface area contributed by atoms with E-state index in [-0.39, 0.29) is 41.6 Å². The molecule has 0 bridgehead atoms. The van der Waals surface area contributed by atoms with Crippen LogP contribution >= 0.6 is 0 Å². The number of ketones is 1. The number of amides is 1. The van der Waals surface area contributed by atoms with Crippen molar-refractivity contribution >= 4 is 11.7 Å². The molecule has 2 atom stereocenters. The van der Waals surface area contributed by atoms with Crippen LogP contribution in [0.4, 0.5) is 8.78 Å². The number of carbonyl (C=O) groups is 2. The monoisotopic (exact) mass is 445 g/mol. The van der Waals surface area contributed by atoms with Gasteiger partial charge in [0.25, 0.3) is 0 Å². The Hall–Kier alpha value is -3.34. The van der Waals surface area contributed by atoms with E-state index < -0.39 is 5.41 Å². The molecule has 1 aliphatic carbocycles. The first kappa shape index (κ1) is 21.5. The predicted molar refractivity (Wildman–Crippen MR) is 122 cm³/mol. The number of hydrogen-bond donors (Lipinski definition) is 0. The third-order valence-electron chi connectivity index (χ3n) is 7.36. The van der Waals surface area contributed by atoms with E-state index in [1.807, 2.05) is 42.5 Å². The van der Waals surface area contributed by atoms with Gasteiger partial charge in [0.05, 0.1) is 6.42 Å². The van der Waals surface area contributed by atoms with Crippen LogP contribution in [0.25, 0.3) is 0 Å². The molecule has 0 N–H and O–H groups in total. The van der Waals surface area contributed by atoms with Gasteiger partial charge >= 0.3 is 0 Å². The maximum Gasteiger partial charge on any atom is 0.227 e. The number of likely N-dealkylation sites (tertiary alicyclic amines) is 1. The maximum absolute atomic E-state index is 14.3. The number of carbonyl (C=O) groups excluding carboxylic acids is 2. The first-order valence-electron chi connectivity index (χ1n) is 11.3. The normalized spacial score (nSPS) is 21.6. The lowest BCUT2D eigenvalue weighted by Gasteiger charge is -2.45. The summed E-state index contributed by atoms with van der Waals surface area (Å²) in [5, 5.41) is 0. The fourth-order valence-electron chi connectivity index (χ4n) is 5.82. The number of nitrogens with zero attached hydrogens (tertiary/aromatic N) is 1. The molecule has 2 unspecified atom stereocenters. The Labute approximate surface area is 192 Å². The number of Topliss-reactive ketones (excluding diaryl/α,β-unsaturated/α-hetero) is 1.